The molecule has 0 saturated carbocycles. The molecular weight excluding hydrogens is 244 g/mol. The molecule has 0 saturated heterocycles. The fraction of sp³-hybridized carbons (Fsp3) is 0.286. The molecule has 2 N–H and O–H groups in total. The van der Waals surface area contributed by atoms with Gasteiger partial charge >= 0.3 is 0 Å². The molecule has 0 aliphatic heterocycles. The highest BCUT2D eigenvalue weighted by atomic mass is 16.3. The van der Waals surface area contributed by atoms with E-state index in [-0.39, 0.29) is 17.5 Å². The SMILES string of the molecule is CC(O)CN(C)C(=O)c1c[nH]c2ccccc2c1=O. The summed E-state index contributed by atoms with van der Waals surface area (Å²) in [6, 6.07) is 7.04. The minimum Gasteiger partial charge on any atom is -0.392 e. The molecule has 2 rings (SSSR count). The second kappa shape index (κ2) is 5.24. The van der Waals surface area contributed by atoms with Gasteiger partial charge in [0, 0.05) is 30.7 Å². The Balaban J connectivity index is 2.43. The summed E-state index contributed by atoms with van der Waals surface area (Å²) >= 11 is 0. The quantitative estimate of drug-likeness (QED) is 0.864. The van der Waals surface area contributed by atoms with Crippen LogP contribution in [0.4, 0.5) is 0 Å². The zero-order chi connectivity index (χ0) is 14.0. The molecule has 0 aliphatic rings. The fourth-order valence-electron chi connectivity index (χ4n) is 2.01. The smallest absolute Gasteiger partial charge is 0.259 e. The van der Waals surface area contributed by atoms with Crippen LogP contribution in [0.2, 0.25) is 0 Å². The van der Waals surface area contributed by atoms with Gasteiger partial charge in [-0.1, -0.05) is 12.1 Å². The maximum absolute atomic E-state index is 12.2. The van der Waals surface area contributed by atoms with Crippen LogP contribution in [0.5, 0.6) is 0 Å². The average Bonchev–Trinajstić information content (AvgIpc) is 2.38. The molecule has 0 aliphatic carbocycles. The average molecular weight is 260 g/mol. The molecule has 1 aromatic carbocycles. The Hall–Kier alpha value is -2.14. The Bertz CT molecular complexity index is 661. The van der Waals surface area contributed by atoms with E-state index in [1.807, 2.05) is 6.07 Å². The zero-order valence-electron chi connectivity index (χ0n) is 10.9. The number of hydrogen-bond acceptors (Lipinski definition) is 3. The summed E-state index contributed by atoms with van der Waals surface area (Å²) in [6.07, 6.45) is 0.791. The number of aliphatic hydroxyl groups is 1. The van der Waals surface area contributed by atoms with E-state index in [0.717, 1.165) is 0 Å². The van der Waals surface area contributed by atoms with Crippen molar-refractivity contribution >= 4 is 16.8 Å². The number of rotatable bonds is 3. The fourth-order valence-corrected chi connectivity index (χ4v) is 2.01. The van der Waals surface area contributed by atoms with Gasteiger partial charge in [0.1, 0.15) is 5.56 Å². The lowest BCUT2D eigenvalue weighted by Crippen LogP contribution is -2.35. The van der Waals surface area contributed by atoms with Crippen molar-refractivity contribution in [2.45, 2.75) is 13.0 Å². The summed E-state index contributed by atoms with van der Waals surface area (Å²) in [5.41, 5.74) is 0.487. The largest absolute Gasteiger partial charge is 0.392 e. The van der Waals surface area contributed by atoms with Gasteiger partial charge in [-0.05, 0) is 19.1 Å². The van der Waals surface area contributed by atoms with E-state index < -0.39 is 12.0 Å². The number of carbonyl (C=O) groups is 1. The summed E-state index contributed by atoms with van der Waals surface area (Å²) in [6.45, 7) is 1.78. The molecule has 1 atom stereocenters. The molecule has 100 valence electrons. The van der Waals surface area contributed by atoms with Crippen LogP contribution >= 0.6 is 0 Å². The number of nitrogens with one attached hydrogen (secondary N) is 1. The number of para-hydroxylation sites is 1. The lowest BCUT2D eigenvalue weighted by molar-refractivity contribution is 0.0702. The number of aromatic amines is 1. The lowest BCUT2D eigenvalue weighted by atomic mass is 10.1. The Morgan fingerprint density at radius 2 is 2.11 bits per heavy atom. The van der Waals surface area contributed by atoms with Crippen molar-refractivity contribution in [3.05, 3.63) is 46.2 Å². The van der Waals surface area contributed by atoms with E-state index in [2.05, 4.69) is 4.98 Å². The van der Waals surface area contributed by atoms with Crippen molar-refractivity contribution in [2.75, 3.05) is 13.6 Å². The molecule has 1 amide bonds. The van der Waals surface area contributed by atoms with Gasteiger partial charge in [0.2, 0.25) is 5.43 Å². The van der Waals surface area contributed by atoms with E-state index in [9.17, 15) is 14.7 Å². The summed E-state index contributed by atoms with van der Waals surface area (Å²) in [5.74, 6) is -0.395. The number of fused-ring (bicyclic) bond motifs is 1. The Morgan fingerprint density at radius 3 is 2.79 bits per heavy atom. The Morgan fingerprint density at radius 1 is 1.42 bits per heavy atom. The number of hydrogen-bond donors (Lipinski definition) is 2. The topological polar surface area (TPSA) is 73.4 Å². The van der Waals surface area contributed by atoms with Crippen LogP contribution in [0.25, 0.3) is 10.9 Å². The predicted octanol–water partition coefficient (Wildman–Crippen LogP) is 0.981. The van der Waals surface area contributed by atoms with Crippen LogP contribution in [0, 0.1) is 0 Å². The first-order valence-corrected chi connectivity index (χ1v) is 6.04. The summed E-state index contributed by atoms with van der Waals surface area (Å²) in [4.78, 5) is 28.6. The number of aliphatic hydroxyl groups excluding tert-OH is 1. The number of benzene rings is 1. The highest BCUT2D eigenvalue weighted by molar-refractivity contribution is 5.96. The molecular formula is C14H16N2O3. The Labute approximate surface area is 110 Å². The molecule has 1 heterocycles. The third kappa shape index (κ3) is 2.66. The molecule has 0 bridgehead atoms. The van der Waals surface area contributed by atoms with E-state index in [0.29, 0.717) is 10.9 Å². The monoisotopic (exact) mass is 260 g/mol. The van der Waals surface area contributed by atoms with E-state index in [4.69, 9.17) is 0 Å². The van der Waals surface area contributed by atoms with Crippen molar-refractivity contribution < 1.29 is 9.90 Å². The van der Waals surface area contributed by atoms with Gasteiger partial charge in [-0.3, -0.25) is 9.59 Å². The van der Waals surface area contributed by atoms with Crippen LogP contribution in [-0.4, -0.2) is 40.6 Å². The van der Waals surface area contributed by atoms with Gasteiger partial charge in [0.25, 0.3) is 5.91 Å². The third-order valence-electron chi connectivity index (χ3n) is 2.90. The van der Waals surface area contributed by atoms with Gasteiger partial charge in [-0.25, -0.2) is 0 Å². The van der Waals surface area contributed by atoms with E-state index >= 15 is 0 Å². The first-order chi connectivity index (χ1) is 9.00. The molecule has 1 aromatic heterocycles. The molecule has 0 fully saturated rings. The van der Waals surface area contributed by atoms with Crippen LogP contribution in [0.3, 0.4) is 0 Å². The van der Waals surface area contributed by atoms with Crippen LogP contribution in [0.15, 0.2) is 35.3 Å². The van der Waals surface area contributed by atoms with E-state index in [1.54, 1.807) is 32.2 Å². The molecule has 0 radical (unpaired) electrons. The van der Waals surface area contributed by atoms with Gasteiger partial charge in [-0.15, -0.1) is 0 Å². The highest BCUT2D eigenvalue weighted by Gasteiger charge is 2.17. The third-order valence-corrected chi connectivity index (χ3v) is 2.90. The minimum absolute atomic E-state index is 0.0850. The molecule has 19 heavy (non-hydrogen) atoms. The maximum Gasteiger partial charge on any atom is 0.259 e. The van der Waals surface area contributed by atoms with Crippen LogP contribution < -0.4 is 5.43 Å². The lowest BCUT2D eigenvalue weighted by Gasteiger charge is -2.18. The molecule has 5 heteroatoms. The van der Waals surface area contributed by atoms with Gasteiger partial charge < -0.3 is 15.0 Å². The Kier molecular flexibility index (Phi) is 3.66. The standard InChI is InChI=1S/C14H16N2O3/c1-9(17)8-16(2)14(19)11-7-15-12-6-4-3-5-10(12)13(11)18/h3-7,9,17H,8H2,1-2H3,(H,15,18). The molecule has 2 aromatic rings. The van der Waals surface area contributed by atoms with Crippen molar-refractivity contribution in [2.24, 2.45) is 0 Å². The molecule has 1 unspecified atom stereocenters. The first kappa shape index (κ1) is 13.3. The van der Waals surface area contributed by atoms with Crippen molar-refractivity contribution in [3.8, 4) is 0 Å². The first-order valence-electron chi connectivity index (χ1n) is 6.04. The second-order valence-electron chi connectivity index (χ2n) is 4.61. The number of amides is 1. The highest BCUT2D eigenvalue weighted by Crippen LogP contribution is 2.08. The number of pyridine rings is 1. The van der Waals surface area contributed by atoms with Crippen molar-refractivity contribution in [1.82, 2.24) is 9.88 Å². The van der Waals surface area contributed by atoms with Gasteiger partial charge in [0.15, 0.2) is 0 Å². The van der Waals surface area contributed by atoms with Gasteiger partial charge in [-0.2, -0.15) is 0 Å². The summed E-state index contributed by atoms with van der Waals surface area (Å²) in [7, 11) is 1.56. The van der Waals surface area contributed by atoms with Crippen molar-refractivity contribution in [3.63, 3.8) is 0 Å². The second-order valence-corrected chi connectivity index (χ2v) is 4.61. The summed E-state index contributed by atoms with van der Waals surface area (Å²) < 4.78 is 0. The molecule has 0 spiro atoms. The molecule has 5 nitrogen and oxygen atoms in total. The zero-order valence-corrected chi connectivity index (χ0v) is 10.9. The number of likely N-dealkylation sites (N-methyl/N-ethyl adjacent to an activating group) is 1. The normalized spacial score (nSPS) is 12.4. The van der Waals surface area contributed by atoms with Crippen molar-refractivity contribution in [1.29, 1.82) is 0 Å². The summed E-state index contributed by atoms with van der Waals surface area (Å²) in [5, 5.41) is 9.76. The van der Waals surface area contributed by atoms with E-state index in [1.165, 1.54) is 11.1 Å². The van der Waals surface area contributed by atoms with Crippen LogP contribution in [-0.2, 0) is 0 Å². The van der Waals surface area contributed by atoms with Crippen LogP contribution in [0.1, 0.15) is 17.3 Å². The number of nitrogens with zero attached hydrogens (tertiary/aromatic N) is 1. The number of aromatic nitrogens is 1. The van der Waals surface area contributed by atoms with Gasteiger partial charge in [0.05, 0.1) is 6.10 Å². The maximum atomic E-state index is 12.2. The number of H-pyrrole nitrogens is 1. The predicted molar refractivity (Wildman–Crippen MR) is 73.2 cm³/mol. The minimum atomic E-state index is -0.631. The number of carbonyl (C=O) groups excluding carboxylic acids is 1.